The van der Waals surface area contributed by atoms with Crippen LogP contribution in [0.1, 0.15) is 27.7 Å². The number of likely N-dealkylation sites (N-methyl/N-ethyl adjacent to an activating group) is 1. The van der Waals surface area contributed by atoms with E-state index in [0.29, 0.717) is 0 Å². The average molecular weight is 229 g/mol. The molecule has 0 aliphatic carbocycles. The van der Waals surface area contributed by atoms with Gasteiger partial charge in [-0.05, 0) is 27.7 Å². The van der Waals surface area contributed by atoms with Crippen LogP contribution in [0.4, 0.5) is 4.79 Å². The molecule has 0 aliphatic heterocycles. The standard InChI is InChI=1S/C11H19NO4/c1-8(6-7-9(13)14)12(5)10(15)16-11(2,3)4/h6-8H,1-5H3,(H,13,14)/b7-6+. The van der Waals surface area contributed by atoms with Crippen molar-refractivity contribution >= 4 is 12.1 Å². The number of rotatable bonds is 3. The highest BCUT2D eigenvalue weighted by molar-refractivity contribution is 5.80. The molecule has 0 aromatic heterocycles. The van der Waals surface area contributed by atoms with Gasteiger partial charge in [-0.1, -0.05) is 6.08 Å². The lowest BCUT2D eigenvalue weighted by Crippen LogP contribution is -2.38. The minimum atomic E-state index is -1.04. The van der Waals surface area contributed by atoms with Crippen LogP contribution in [0.2, 0.25) is 0 Å². The molecule has 0 spiro atoms. The van der Waals surface area contributed by atoms with Gasteiger partial charge in [0.1, 0.15) is 5.60 Å². The summed E-state index contributed by atoms with van der Waals surface area (Å²) in [6.45, 7) is 7.03. The second-order valence-corrected chi connectivity index (χ2v) is 4.53. The third-order valence-corrected chi connectivity index (χ3v) is 1.81. The van der Waals surface area contributed by atoms with Gasteiger partial charge in [-0.2, -0.15) is 0 Å². The zero-order valence-corrected chi connectivity index (χ0v) is 10.4. The van der Waals surface area contributed by atoms with E-state index in [-0.39, 0.29) is 6.04 Å². The van der Waals surface area contributed by atoms with Crippen LogP contribution >= 0.6 is 0 Å². The van der Waals surface area contributed by atoms with Crippen LogP contribution in [0.15, 0.2) is 12.2 Å². The average Bonchev–Trinajstić information content (AvgIpc) is 2.10. The van der Waals surface area contributed by atoms with E-state index in [0.717, 1.165) is 6.08 Å². The molecule has 16 heavy (non-hydrogen) atoms. The van der Waals surface area contributed by atoms with Gasteiger partial charge in [-0.15, -0.1) is 0 Å². The molecule has 0 saturated carbocycles. The second kappa shape index (κ2) is 5.53. The summed E-state index contributed by atoms with van der Waals surface area (Å²) in [4.78, 5) is 23.2. The van der Waals surface area contributed by atoms with Gasteiger partial charge in [0.05, 0.1) is 6.04 Å². The molecular formula is C11H19NO4. The summed E-state index contributed by atoms with van der Waals surface area (Å²) < 4.78 is 5.13. The van der Waals surface area contributed by atoms with Crippen LogP contribution in [0.25, 0.3) is 0 Å². The van der Waals surface area contributed by atoms with Crippen LogP contribution in [-0.2, 0) is 9.53 Å². The Morgan fingerprint density at radius 3 is 2.25 bits per heavy atom. The molecule has 1 atom stereocenters. The topological polar surface area (TPSA) is 66.8 Å². The van der Waals surface area contributed by atoms with Crippen LogP contribution in [-0.4, -0.2) is 40.8 Å². The van der Waals surface area contributed by atoms with Gasteiger partial charge in [-0.25, -0.2) is 9.59 Å². The number of ether oxygens (including phenoxy) is 1. The molecule has 0 fully saturated rings. The molecular weight excluding hydrogens is 210 g/mol. The molecule has 0 radical (unpaired) electrons. The first-order valence-electron chi connectivity index (χ1n) is 5.00. The Morgan fingerprint density at radius 2 is 1.88 bits per heavy atom. The van der Waals surface area contributed by atoms with Gasteiger partial charge in [-0.3, -0.25) is 0 Å². The van der Waals surface area contributed by atoms with E-state index in [1.165, 1.54) is 11.0 Å². The summed E-state index contributed by atoms with van der Waals surface area (Å²) in [6.07, 6.45) is 1.95. The minimum absolute atomic E-state index is 0.328. The van der Waals surface area contributed by atoms with E-state index in [2.05, 4.69) is 0 Å². The van der Waals surface area contributed by atoms with Gasteiger partial charge >= 0.3 is 12.1 Å². The SMILES string of the molecule is CC(/C=C/C(=O)O)N(C)C(=O)OC(C)(C)C. The monoisotopic (exact) mass is 229 g/mol. The summed E-state index contributed by atoms with van der Waals surface area (Å²) in [7, 11) is 1.56. The number of carboxylic acid groups (broad SMARTS) is 1. The molecule has 92 valence electrons. The zero-order chi connectivity index (χ0) is 12.9. The zero-order valence-electron chi connectivity index (χ0n) is 10.4. The van der Waals surface area contributed by atoms with Gasteiger partial charge < -0.3 is 14.7 Å². The maximum absolute atomic E-state index is 11.6. The molecule has 0 saturated heterocycles. The van der Waals surface area contributed by atoms with Crippen molar-refractivity contribution in [2.24, 2.45) is 0 Å². The fraction of sp³-hybridized carbons (Fsp3) is 0.636. The van der Waals surface area contributed by atoms with Crippen LogP contribution in [0, 0.1) is 0 Å². The number of hydrogen-bond acceptors (Lipinski definition) is 3. The van der Waals surface area contributed by atoms with E-state index < -0.39 is 17.7 Å². The fourth-order valence-electron chi connectivity index (χ4n) is 0.851. The summed E-state index contributed by atoms with van der Waals surface area (Å²) in [5.74, 6) is -1.04. The number of nitrogens with zero attached hydrogens (tertiary/aromatic N) is 1. The Morgan fingerprint density at radius 1 is 1.38 bits per heavy atom. The molecule has 5 heteroatoms. The number of carbonyl (C=O) groups excluding carboxylic acids is 1. The molecule has 0 aromatic carbocycles. The minimum Gasteiger partial charge on any atom is -0.478 e. The molecule has 0 rings (SSSR count). The highest BCUT2D eigenvalue weighted by Gasteiger charge is 2.21. The van der Waals surface area contributed by atoms with E-state index >= 15 is 0 Å². The fourth-order valence-corrected chi connectivity index (χ4v) is 0.851. The van der Waals surface area contributed by atoms with E-state index in [9.17, 15) is 9.59 Å². The quantitative estimate of drug-likeness (QED) is 0.750. The van der Waals surface area contributed by atoms with E-state index in [1.54, 1.807) is 34.7 Å². The number of carboxylic acids is 1. The van der Waals surface area contributed by atoms with Gasteiger partial charge in [0, 0.05) is 13.1 Å². The van der Waals surface area contributed by atoms with Gasteiger partial charge in [0.15, 0.2) is 0 Å². The van der Waals surface area contributed by atoms with Crippen LogP contribution in [0.5, 0.6) is 0 Å². The first kappa shape index (κ1) is 14.5. The second-order valence-electron chi connectivity index (χ2n) is 4.53. The van der Waals surface area contributed by atoms with Gasteiger partial charge in [0.25, 0.3) is 0 Å². The summed E-state index contributed by atoms with van der Waals surface area (Å²) in [5.41, 5.74) is -0.554. The normalized spacial score (nSPS) is 13.6. The number of hydrogen-bond donors (Lipinski definition) is 1. The van der Waals surface area contributed by atoms with Crippen molar-refractivity contribution in [2.45, 2.75) is 39.3 Å². The van der Waals surface area contributed by atoms with Crippen molar-refractivity contribution in [3.8, 4) is 0 Å². The van der Waals surface area contributed by atoms with Crippen molar-refractivity contribution in [3.05, 3.63) is 12.2 Å². The lowest BCUT2D eigenvalue weighted by Gasteiger charge is -2.27. The lowest BCUT2D eigenvalue weighted by molar-refractivity contribution is -0.131. The van der Waals surface area contributed by atoms with E-state index in [4.69, 9.17) is 9.84 Å². The molecule has 0 heterocycles. The third kappa shape index (κ3) is 6.06. The van der Waals surface area contributed by atoms with Crippen molar-refractivity contribution in [2.75, 3.05) is 7.05 Å². The summed E-state index contributed by atoms with van der Waals surface area (Å²) in [5, 5.41) is 8.45. The number of amides is 1. The molecule has 0 aromatic rings. The van der Waals surface area contributed by atoms with Crippen molar-refractivity contribution in [1.29, 1.82) is 0 Å². The molecule has 0 bridgehead atoms. The van der Waals surface area contributed by atoms with Crippen LogP contribution < -0.4 is 0 Å². The number of carbonyl (C=O) groups is 2. The maximum atomic E-state index is 11.6. The summed E-state index contributed by atoms with van der Waals surface area (Å²) in [6, 6.07) is -0.328. The first-order valence-corrected chi connectivity index (χ1v) is 5.00. The van der Waals surface area contributed by atoms with E-state index in [1.807, 2.05) is 0 Å². The highest BCUT2D eigenvalue weighted by atomic mass is 16.6. The maximum Gasteiger partial charge on any atom is 0.410 e. The van der Waals surface area contributed by atoms with Crippen LogP contribution in [0.3, 0.4) is 0 Å². The van der Waals surface area contributed by atoms with Crippen molar-refractivity contribution < 1.29 is 19.4 Å². The number of aliphatic carboxylic acids is 1. The Kier molecular flexibility index (Phi) is 5.01. The highest BCUT2D eigenvalue weighted by Crippen LogP contribution is 2.10. The lowest BCUT2D eigenvalue weighted by atomic mass is 10.2. The molecule has 1 amide bonds. The molecule has 1 unspecified atom stereocenters. The van der Waals surface area contributed by atoms with Gasteiger partial charge in [0.2, 0.25) is 0 Å². The third-order valence-electron chi connectivity index (χ3n) is 1.81. The van der Waals surface area contributed by atoms with Crippen molar-refractivity contribution in [3.63, 3.8) is 0 Å². The Balaban J connectivity index is 4.38. The molecule has 1 N–H and O–H groups in total. The first-order chi connectivity index (χ1) is 7.13. The predicted octanol–water partition coefficient (Wildman–Crippen LogP) is 1.88. The Bertz CT molecular complexity index is 291. The van der Waals surface area contributed by atoms with Crippen molar-refractivity contribution in [1.82, 2.24) is 4.90 Å². The summed E-state index contributed by atoms with van der Waals surface area (Å²) >= 11 is 0. The molecule has 0 aliphatic rings. The largest absolute Gasteiger partial charge is 0.478 e. The molecule has 5 nitrogen and oxygen atoms in total. The predicted molar refractivity (Wildman–Crippen MR) is 60.2 cm³/mol. The Labute approximate surface area is 95.7 Å². The smallest absolute Gasteiger partial charge is 0.410 e. The Hall–Kier alpha value is -1.52.